The number of benzene rings is 1. The molecule has 90 valence electrons. The van der Waals surface area contributed by atoms with Gasteiger partial charge in [0.25, 0.3) is 0 Å². The third-order valence-electron chi connectivity index (χ3n) is 2.39. The highest BCUT2D eigenvalue weighted by molar-refractivity contribution is 5.38. The Bertz CT molecular complexity index is 301. The van der Waals surface area contributed by atoms with Gasteiger partial charge in [-0.15, -0.1) is 0 Å². The molecule has 0 aromatic heterocycles. The van der Waals surface area contributed by atoms with Crippen LogP contribution in [-0.4, -0.2) is 26.9 Å². The molecule has 0 bridgehead atoms. The van der Waals surface area contributed by atoms with E-state index in [0.717, 1.165) is 30.1 Å². The zero-order valence-corrected chi connectivity index (χ0v) is 10.4. The Morgan fingerprint density at radius 2 is 1.62 bits per heavy atom. The van der Waals surface area contributed by atoms with Crippen molar-refractivity contribution in [1.82, 2.24) is 0 Å². The van der Waals surface area contributed by atoms with Crippen molar-refractivity contribution in [2.45, 2.75) is 26.4 Å². The number of hydrogen-bond donors (Lipinski definition) is 0. The fourth-order valence-corrected chi connectivity index (χ4v) is 1.66. The number of methoxy groups -OCH3 is 2. The van der Waals surface area contributed by atoms with E-state index in [0.29, 0.717) is 0 Å². The van der Waals surface area contributed by atoms with Gasteiger partial charge in [0.2, 0.25) is 0 Å². The zero-order valence-electron chi connectivity index (χ0n) is 10.4. The highest BCUT2D eigenvalue weighted by atomic mass is 16.5. The first-order chi connectivity index (χ1) is 7.69. The second kappa shape index (κ2) is 6.38. The summed E-state index contributed by atoms with van der Waals surface area (Å²) in [6.07, 6.45) is 1.07. The molecule has 0 unspecified atom stereocenters. The van der Waals surface area contributed by atoms with E-state index in [9.17, 15) is 0 Å². The van der Waals surface area contributed by atoms with E-state index in [4.69, 9.17) is 14.2 Å². The summed E-state index contributed by atoms with van der Waals surface area (Å²) in [5, 5.41) is 0. The summed E-state index contributed by atoms with van der Waals surface area (Å²) in [7, 11) is 3.31. The molecule has 1 aromatic carbocycles. The quantitative estimate of drug-likeness (QED) is 0.743. The molecule has 0 saturated carbocycles. The Balaban J connectivity index is 2.78. The third kappa shape index (κ3) is 3.74. The first-order valence-corrected chi connectivity index (χ1v) is 5.53. The fraction of sp³-hybridized carbons (Fsp3) is 0.538. The largest absolute Gasteiger partial charge is 0.497 e. The van der Waals surface area contributed by atoms with Crippen LogP contribution >= 0.6 is 0 Å². The predicted octanol–water partition coefficient (Wildman–Crippen LogP) is 2.67. The molecule has 0 fully saturated rings. The van der Waals surface area contributed by atoms with Crippen LogP contribution in [0.4, 0.5) is 0 Å². The summed E-state index contributed by atoms with van der Waals surface area (Å²) < 4.78 is 15.9. The van der Waals surface area contributed by atoms with Gasteiger partial charge in [0.15, 0.2) is 0 Å². The minimum Gasteiger partial charge on any atom is -0.497 e. The second-order valence-electron chi connectivity index (χ2n) is 3.69. The van der Waals surface area contributed by atoms with Crippen molar-refractivity contribution in [2.24, 2.45) is 0 Å². The fourth-order valence-electron chi connectivity index (χ4n) is 1.66. The van der Waals surface area contributed by atoms with Crippen LogP contribution in [0.3, 0.4) is 0 Å². The summed E-state index contributed by atoms with van der Waals surface area (Å²) in [6, 6.07) is 5.89. The molecule has 0 aliphatic carbocycles. The Morgan fingerprint density at radius 3 is 2.06 bits per heavy atom. The van der Waals surface area contributed by atoms with E-state index < -0.39 is 0 Å². The molecule has 0 amide bonds. The lowest BCUT2D eigenvalue weighted by molar-refractivity contribution is 0.0768. The van der Waals surface area contributed by atoms with E-state index in [-0.39, 0.29) is 6.10 Å². The summed E-state index contributed by atoms with van der Waals surface area (Å²) in [4.78, 5) is 0. The lowest BCUT2D eigenvalue weighted by Crippen LogP contribution is -2.11. The average Bonchev–Trinajstić information content (AvgIpc) is 2.28. The van der Waals surface area contributed by atoms with Crippen LogP contribution in [-0.2, 0) is 11.2 Å². The minimum absolute atomic E-state index is 0.210. The van der Waals surface area contributed by atoms with Crippen molar-refractivity contribution < 1.29 is 14.2 Å². The highest BCUT2D eigenvalue weighted by Crippen LogP contribution is 2.23. The van der Waals surface area contributed by atoms with E-state index in [2.05, 4.69) is 6.92 Å². The normalized spacial score (nSPS) is 12.2. The maximum absolute atomic E-state index is 5.51. The Kier molecular flexibility index (Phi) is 5.12. The summed E-state index contributed by atoms with van der Waals surface area (Å²) in [6.45, 7) is 4.81. The van der Waals surface area contributed by atoms with E-state index in [1.807, 2.05) is 25.1 Å². The number of hydrogen-bond acceptors (Lipinski definition) is 3. The van der Waals surface area contributed by atoms with Crippen LogP contribution < -0.4 is 9.47 Å². The van der Waals surface area contributed by atoms with Crippen LogP contribution in [0.25, 0.3) is 0 Å². The van der Waals surface area contributed by atoms with Crippen LogP contribution in [0, 0.1) is 0 Å². The predicted molar refractivity (Wildman–Crippen MR) is 64.3 cm³/mol. The first kappa shape index (κ1) is 12.8. The molecule has 1 aromatic rings. The van der Waals surface area contributed by atoms with Gasteiger partial charge in [-0.2, -0.15) is 0 Å². The van der Waals surface area contributed by atoms with Crippen LogP contribution in [0.1, 0.15) is 19.4 Å². The molecule has 0 spiro atoms. The first-order valence-electron chi connectivity index (χ1n) is 5.53. The summed E-state index contributed by atoms with van der Waals surface area (Å²) in [5.74, 6) is 1.64. The zero-order chi connectivity index (χ0) is 12.0. The van der Waals surface area contributed by atoms with Gasteiger partial charge >= 0.3 is 0 Å². The molecule has 3 nitrogen and oxygen atoms in total. The lowest BCUT2D eigenvalue weighted by Gasteiger charge is -2.13. The summed E-state index contributed by atoms with van der Waals surface area (Å²) in [5.41, 5.74) is 1.16. The van der Waals surface area contributed by atoms with Gasteiger partial charge in [-0.25, -0.2) is 0 Å². The van der Waals surface area contributed by atoms with Gasteiger partial charge in [-0.05, 0) is 38.0 Å². The van der Waals surface area contributed by atoms with Gasteiger partial charge in [0.1, 0.15) is 11.5 Å². The molecule has 0 saturated heterocycles. The smallest absolute Gasteiger partial charge is 0.122 e. The standard InChI is InChI=1S/C13H20O3/c1-5-16-10(2)6-11-7-12(14-3)9-13(8-11)15-4/h7-10H,5-6H2,1-4H3/t10-/m0/s1. The van der Waals surface area contributed by atoms with Crippen molar-refractivity contribution in [3.05, 3.63) is 23.8 Å². The molecule has 0 N–H and O–H groups in total. The molecular formula is C13H20O3. The molecule has 0 aliphatic rings. The van der Waals surface area contributed by atoms with E-state index in [1.165, 1.54) is 0 Å². The van der Waals surface area contributed by atoms with Gasteiger partial charge in [0.05, 0.1) is 20.3 Å². The van der Waals surface area contributed by atoms with Crippen LogP contribution in [0.5, 0.6) is 11.5 Å². The molecule has 1 atom stereocenters. The van der Waals surface area contributed by atoms with Crippen LogP contribution in [0.2, 0.25) is 0 Å². The Hall–Kier alpha value is -1.22. The number of rotatable bonds is 6. The molecule has 16 heavy (non-hydrogen) atoms. The van der Waals surface area contributed by atoms with Crippen molar-refractivity contribution in [1.29, 1.82) is 0 Å². The van der Waals surface area contributed by atoms with Gasteiger partial charge in [-0.3, -0.25) is 0 Å². The maximum Gasteiger partial charge on any atom is 0.122 e. The molecule has 1 rings (SSSR count). The third-order valence-corrected chi connectivity index (χ3v) is 2.39. The molecule has 0 aliphatic heterocycles. The highest BCUT2D eigenvalue weighted by Gasteiger charge is 2.06. The van der Waals surface area contributed by atoms with Gasteiger partial charge in [-0.1, -0.05) is 0 Å². The lowest BCUT2D eigenvalue weighted by atomic mass is 10.1. The molecule has 3 heteroatoms. The summed E-state index contributed by atoms with van der Waals surface area (Å²) >= 11 is 0. The van der Waals surface area contributed by atoms with Gasteiger partial charge in [0, 0.05) is 12.7 Å². The van der Waals surface area contributed by atoms with Crippen molar-refractivity contribution in [2.75, 3.05) is 20.8 Å². The van der Waals surface area contributed by atoms with E-state index >= 15 is 0 Å². The monoisotopic (exact) mass is 224 g/mol. The van der Waals surface area contributed by atoms with Crippen molar-refractivity contribution in [3.63, 3.8) is 0 Å². The number of ether oxygens (including phenoxy) is 3. The topological polar surface area (TPSA) is 27.7 Å². The van der Waals surface area contributed by atoms with E-state index in [1.54, 1.807) is 14.2 Å². The Morgan fingerprint density at radius 1 is 1.06 bits per heavy atom. The SMILES string of the molecule is CCO[C@@H](C)Cc1cc(OC)cc(OC)c1. The minimum atomic E-state index is 0.210. The molecule has 0 radical (unpaired) electrons. The second-order valence-corrected chi connectivity index (χ2v) is 3.69. The molecular weight excluding hydrogens is 204 g/mol. The molecule has 0 heterocycles. The van der Waals surface area contributed by atoms with Crippen molar-refractivity contribution >= 4 is 0 Å². The van der Waals surface area contributed by atoms with Gasteiger partial charge < -0.3 is 14.2 Å². The average molecular weight is 224 g/mol. The maximum atomic E-state index is 5.51. The van der Waals surface area contributed by atoms with Crippen LogP contribution in [0.15, 0.2) is 18.2 Å². The Labute approximate surface area is 97.3 Å². The van der Waals surface area contributed by atoms with Crippen molar-refractivity contribution in [3.8, 4) is 11.5 Å².